The molecule has 0 radical (unpaired) electrons. The van der Waals surface area contributed by atoms with E-state index in [0.29, 0.717) is 31.1 Å². The number of aromatic amines is 1. The number of carbonyl (C=O) groups is 2. The number of piperidine rings is 1. The van der Waals surface area contributed by atoms with E-state index < -0.39 is 0 Å². The van der Waals surface area contributed by atoms with Gasteiger partial charge in [-0.1, -0.05) is 18.2 Å². The largest absolute Gasteiger partial charge is 0.370 e. The summed E-state index contributed by atoms with van der Waals surface area (Å²) in [6, 6.07) is 9.75. The van der Waals surface area contributed by atoms with Gasteiger partial charge in [0.15, 0.2) is 0 Å². The van der Waals surface area contributed by atoms with E-state index in [2.05, 4.69) is 4.98 Å². The average Bonchev–Trinajstić information content (AvgIpc) is 2.90. The summed E-state index contributed by atoms with van der Waals surface area (Å²) in [7, 11) is 0. The lowest BCUT2D eigenvalue weighted by Gasteiger charge is -2.31. The Morgan fingerprint density at radius 1 is 1.24 bits per heavy atom. The molecule has 1 aromatic heterocycles. The first-order chi connectivity index (χ1) is 10.1. The van der Waals surface area contributed by atoms with E-state index in [1.807, 2.05) is 35.2 Å². The highest BCUT2D eigenvalue weighted by Gasteiger charge is 2.25. The van der Waals surface area contributed by atoms with Crippen molar-refractivity contribution < 1.29 is 9.59 Å². The van der Waals surface area contributed by atoms with Gasteiger partial charge in [-0.05, 0) is 30.9 Å². The lowest BCUT2D eigenvalue weighted by atomic mass is 9.93. The van der Waals surface area contributed by atoms with E-state index in [9.17, 15) is 9.59 Å². The van der Waals surface area contributed by atoms with Gasteiger partial charge in [0.05, 0.1) is 0 Å². The van der Waals surface area contributed by atoms with Gasteiger partial charge >= 0.3 is 0 Å². The molecule has 0 saturated carbocycles. The van der Waals surface area contributed by atoms with Crippen molar-refractivity contribution in [3.63, 3.8) is 0 Å². The standard InChI is InChI=1S/C16H19N3O2/c17-15(20)9-11-5-7-19(8-6-11)16(21)14-10-12-3-1-2-4-13(12)18-14/h1-4,10-11,18H,5-9H2,(H2,17,20). The van der Waals surface area contributed by atoms with E-state index in [-0.39, 0.29) is 11.8 Å². The summed E-state index contributed by atoms with van der Waals surface area (Å²) in [5.41, 5.74) is 6.83. The number of hydrogen-bond acceptors (Lipinski definition) is 2. The Morgan fingerprint density at radius 3 is 2.62 bits per heavy atom. The number of primary amides is 1. The van der Waals surface area contributed by atoms with E-state index >= 15 is 0 Å². The minimum absolute atomic E-state index is 0.0312. The Morgan fingerprint density at radius 2 is 1.95 bits per heavy atom. The van der Waals surface area contributed by atoms with Gasteiger partial charge in [-0.25, -0.2) is 0 Å². The zero-order valence-electron chi connectivity index (χ0n) is 11.8. The third-order valence-corrected chi connectivity index (χ3v) is 4.15. The van der Waals surface area contributed by atoms with E-state index in [1.165, 1.54) is 0 Å². The van der Waals surface area contributed by atoms with Crippen LogP contribution < -0.4 is 5.73 Å². The Hall–Kier alpha value is -2.30. The molecular weight excluding hydrogens is 266 g/mol. The molecule has 110 valence electrons. The lowest BCUT2D eigenvalue weighted by Crippen LogP contribution is -2.39. The van der Waals surface area contributed by atoms with Gasteiger partial charge in [0, 0.05) is 30.4 Å². The molecule has 2 amide bonds. The monoisotopic (exact) mass is 285 g/mol. The second kappa shape index (κ2) is 5.60. The molecule has 2 aromatic rings. The highest BCUT2D eigenvalue weighted by Crippen LogP contribution is 2.22. The fraction of sp³-hybridized carbons (Fsp3) is 0.375. The van der Waals surface area contributed by atoms with Crippen LogP contribution in [0.5, 0.6) is 0 Å². The summed E-state index contributed by atoms with van der Waals surface area (Å²) < 4.78 is 0. The zero-order chi connectivity index (χ0) is 14.8. The van der Waals surface area contributed by atoms with Gasteiger partial charge in [-0.15, -0.1) is 0 Å². The Labute approximate surface area is 123 Å². The van der Waals surface area contributed by atoms with Gasteiger partial charge in [0.25, 0.3) is 5.91 Å². The number of para-hydroxylation sites is 1. The quantitative estimate of drug-likeness (QED) is 0.903. The Bertz CT molecular complexity index is 636. The number of likely N-dealkylation sites (tertiary alicyclic amines) is 1. The van der Waals surface area contributed by atoms with Crippen molar-refractivity contribution in [1.29, 1.82) is 0 Å². The van der Waals surface area contributed by atoms with Crippen LogP contribution in [0.4, 0.5) is 0 Å². The van der Waals surface area contributed by atoms with Crippen molar-refractivity contribution in [3.05, 3.63) is 36.0 Å². The van der Waals surface area contributed by atoms with Crippen LogP contribution in [0.2, 0.25) is 0 Å². The van der Waals surface area contributed by atoms with Crippen molar-refractivity contribution in [2.75, 3.05) is 13.1 Å². The molecule has 5 heteroatoms. The first kappa shape index (κ1) is 13.7. The number of carbonyl (C=O) groups excluding carboxylic acids is 2. The first-order valence-electron chi connectivity index (χ1n) is 7.29. The van der Waals surface area contributed by atoms with Crippen LogP contribution in [0, 0.1) is 5.92 Å². The van der Waals surface area contributed by atoms with Crippen molar-refractivity contribution >= 4 is 22.7 Å². The molecule has 0 atom stereocenters. The number of nitrogens with two attached hydrogens (primary N) is 1. The van der Waals surface area contributed by atoms with Crippen molar-refractivity contribution in [1.82, 2.24) is 9.88 Å². The second-order valence-corrected chi connectivity index (χ2v) is 5.68. The number of rotatable bonds is 3. The molecule has 0 bridgehead atoms. The van der Waals surface area contributed by atoms with Crippen LogP contribution in [-0.4, -0.2) is 34.8 Å². The van der Waals surface area contributed by atoms with E-state index in [0.717, 1.165) is 23.7 Å². The molecule has 0 aliphatic carbocycles. The highest BCUT2D eigenvalue weighted by molar-refractivity contribution is 5.98. The zero-order valence-corrected chi connectivity index (χ0v) is 11.8. The molecule has 1 aromatic carbocycles. The summed E-state index contributed by atoms with van der Waals surface area (Å²) in [5, 5.41) is 1.05. The third-order valence-electron chi connectivity index (χ3n) is 4.15. The van der Waals surface area contributed by atoms with Gasteiger partial charge in [-0.3, -0.25) is 9.59 Å². The Balaban J connectivity index is 1.67. The molecule has 1 fully saturated rings. The lowest BCUT2D eigenvalue weighted by molar-refractivity contribution is -0.119. The maximum absolute atomic E-state index is 12.5. The smallest absolute Gasteiger partial charge is 0.270 e. The number of hydrogen-bond donors (Lipinski definition) is 2. The van der Waals surface area contributed by atoms with E-state index in [1.54, 1.807) is 0 Å². The molecular formula is C16H19N3O2. The summed E-state index contributed by atoms with van der Waals surface area (Å²) in [4.78, 5) is 28.5. The molecule has 21 heavy (non-hydrogen) atoms. The topological polar surface area (TPSA) is 79.2 Å². The molecule has 3 N–H and O–H groups in total. The molecule has 1 aliphatic rings. The van der Waals surface area contributed by atoms with Crippen molar-refractivity contribution in [2.45, 2.75) is 19.3 Å². The van der Waals surface area contributed by atoms with Crippen LogP contribution in [0.25, 0.3) is 10.9 Å². The third kappa shape index (κ3) is 2.91. The Kier molecular flexibility index (Phi) is 3.64. The van der Waals surface area contributed by atoms with Crippen LogP contribution in [-0.2, 0) is 4.79 Å². The van der Waals surface area contributed by atoms with Gasteiger partial charge < -0.3 is 15.6 Å². The fourth-order valence-corrected chi connectivity index (χ4v) is 2.98. The SMILES string of the molecule is NC(=O)CC1CCN(C(=O)c2cc3ccccc3[nH]2)CC1. The fourth-order valence-electron chi connectivity index (χ4n) is 2.98. The minimum atomic E-state index is -0.254. The van der Waals surface area contributed by atoms with Crippen molar-refractivity contribution in [3.8, 4) is 0 Å². The summed E-state index contributed by atoms with van der Waals surface area (Å²) in [6.45, 7) is 1.37. The van der Waals surface area contributed by atoms with Crippen molar-refractivity contribution in [2.24, 2.45) is 11.7 Å². The average molecular weight is 285 g/mol. The van der Waals surface area contributed by atoms with Crippen LogP contribution in [0.15, 0.2) is 30.3 Å². The van der Waals surface area contributed by atoms with Gasteiger partial charge in [-0.2, -0.15) is 0 Å². The maximum atomic E-state index is 12.5. The van der Waals surface area contributed by atoms with Crippen LogP contribution in [0.3, 0.4) is 0 Å². The highest BCUT2D eigenvalue weighted by atomic mass is 16.2. The molecule has 0 unspecified atom stereocenters. The second-order valence-electron chi connectivity index (χ2n) is 5.68. The number of benzene rings is 1. The first-order valence-corrected chi connectivity index (χ1v) is 7.29. The number of aromatic nitrogens is 1. The molecule has 3 rings (SSSR count). The van der Waals surface area contributed by atoms with Crippen LogP contribution in [0.1, 0.15) is 29.8 Å². The number of H-pyrrole nitrogens is 1. The number of nitrogens with zero attached hydrogens (tertiary/aromatic N) is 1. The predicted octanol–water partition coefficient (Wildman–Crippen LogP) is 1.90. The number of amides is 2. The summed E-state index contributed by atoms with van der Waals surface area (Å²) >= 11 is 0. The molecule has 2 heterocycles. The summed E-state index contributed by atoms with van der Waals surface area (Å²) in [6.07, 6.45) is 2.11. The number of nitrogens with one attached hydrogen (secondary N) is 1. The molecule has 0 spiro atoms. The molecule has 1 aliphatic heterocycles. The maximum Gasteiger partial charge on any atom is 0.270 e. The normalized spacial score (nSPS) is 16.3. The molecule has 5 nitrogen and oxygen atoms in total. The van der Waals surface area contributed by atoms with Crippen LogP contribution >= 0.6 is 0 Å². The summed E-state index contributed by atoms with van der Waals surface area (Å²) in [5.74, 6) is 0.0911. The van der Waals surface area contributed by atoms with Gasteiger partial charge in [0.2, 0.25) is 5.91 Å². The minimum Gasteiger partial charge on any atom is -0.370 e. The number of fused-ring (bicyclic) bond motifs is 1. The van der Waals surface area contributed by atoms with Gasteiger partial charge in [0.1, 0.15) is 5.69 Å². The predicted molar refractivity (Wildman–Crippen MR) is 80.7 cm³/mol. The van der Waals surface area contributed by atoms with E-state index in [4.69, 9.17) is 5.73 Å². The molecule has 1 saturated heterocycles.